The first-order chi connectivity index (χ1) is 12.2. The second-order valence-corrected chi connectivity index (χ2v) is 7.17. The first-order valence-corrected chi connectivity index (χ1v) is 8.47. The van der Waals surface area contributed by atoms with Crippen molar-refractivity contribution in [1.82, 2.24) is 10.4 Å². The topological polar surface area (TPSA) is 49.4 Å². The molecule has 0 atom stereocenters. The van der Waals surface area contributed by atoms with E-state index in [1.165, 1.54) is 5.01 Å². The summed E-state index contributed by atoms with van der Waals surface area (Å²) in [5.41, 5.74) is 6.56. The number of hydrogen-bond donors (Lipinski definition) is 1. The van der Waals surface area contributed by atoms with Gasteiger partial charge in [0.15, 0.2) is 0 Å². The van der Waals surface area contributed by atoms with E-state index in [1.807, 2.05) is 20.8 Å². The molecular formula is C21H21ClN2O2. The molecule has 2 amide bonds. The van der Waals surface area contributed by atoms with Crippen molar-refractivity contribution in [2.75, 3.05) is 0 Å². The quantitative estimate of drug-likeness (QED) is 0.629. The molecule has 4 nitrogen and oxygen atoms in total. The molecule has 2 rings (SSSR count). The minimum atomic E-state index is -0.612. The van der Waals surface area contributed by atoms with Crippen LogP contribution in [0.5, 0.6) is 0 Å². The number of carbonyl (C=O) groups is 2. The predicted octanol–water partition coefficient (Wildman–Crippen LogP) is 4.72. The fraction of sp³-hybridized carbons (Fsp3) is 0.190. The van der Waals surface area contributed by atoms with E-state index in [9.17, 15) is 9.59 Å². The molecule has 0 fully saturated rings. The minimum absolute atomic E-state index is 0.297. The SMILES string of the molecule is C=C=Cc1ccc(C(=O)N(NC(=O)c2ccc(Cl)cc2)C(C)(C)C)cc1. The average Bonchev–Trinajstić information content (AvgIpc) is 2.59. The number of hydrazine groups is 1. The summed E-state index contributed by atoms with van der Waals surface area (Å²) >= 11 is 5.85. The molecule has 0 saturated heterocycles. The van der Waals surface area contributed by atoms with Gasteiger partial charge in [-0.3, -0.25) is 15.0 Å². The van der Waals surface area contributed by atoms with Crippen molar-refractivity contribution in [3.05, 3.63) is 82.6 Å². The van der Waals surface area contributed by atoms with Crippen molar-refractivity contribution in [3.63, 3.8) is 0 Å². The zero-order valence-electron chi connectivity index (χ0n) is 15.0. The maximum absolute atomic E-state index is 12.9. The van der Waals surface area contributed by atoms with Gasteiger partial charge in [-0.25, -0.2) is 5.01 Å². The molecule has 134 valence electrons. The van der Waals surface area contributed by atoms with Crippen LogP contribution in [0.25, 0.3) is 6.08 Å². The summed E-state index contributed by atoms with van der Waals surface area (Å²) < 4.78 is 0. The second-order valence-electron chi connectivity index (χ2n) is 6.73. The Morgan fingerprint density at radius 3 is 2.08 bits per heavy atom. The smallest absolute Gasteiger partial charge is 0.267 e. The Hall–Kier alpha value is -2.81. The third-order valence-electron chi connectivity index (χ3n) is 3.62. The summed E-state index contributed by atoms with van der Waals surface area (Å²) in [6.07, 6.45) is 1.72. The Morgan fingerprint density at radius 2 is 1.58 bits per heavy atom. The van der Waals surface area contributed by atoms with Gasteiger partial charge >= 0.3 is 0 Å². The fourth-order valence-corrected chi connectivity index (χ4v) is 2.39. The predicted molar refractivity (Wildman–Crippen MR) is 105 cm³/mol. The molecule has 1 N–H and O–H groups in total. The lowest BCUT2D eigenvalue weighted by atomic mass is 10.1. The molecule has 0 aromatic heterocycles. The number of benzene rings is 2. The summed E-state index contributed by atoms with van der Waals surface area (Å²) in [5.74, 6) is -0.676. The highest BCUT2D eigenvalue weighted by molar-refractivity contribution is 6.30. The maximum atomic E-state index is 12.9. The Bertz CT molecular complexity index is 843. The van der Waals surface area contributed by atoms with Crippen LogP contribution in [0.4, 0.5) is 0 Å². The Labute approximate surface area is 158 Å². The van der Waals surface area contributed by atoms with Crippen molar-refractivity contribution in [1.29, 1.82) is 0 Å². The molecular weight excluding hydrogens is 348 g/mol. The molecule has 0 aliphatic carbocycles. The third kappa shape index (κ3) is 4.85. The lowest BCUT2D eigenvalue weighted by Gasteiger charge is -2.35. The molecule has 0 heterocycles. The Kier molecular flexibility index (Phi) is 6.04. The number of rotatable bonds is 3. The van der Waals surface area contributed by atoms with Gasteiger partial charge < -0.3 is 0 Å². The van der Waals surface area contributed by atoms with Crippen molar-refractivity contribution < 1.29 is 9.59 Å². The number of hydrogen-bond acceptors (Lipinski definition) is 2. The zero-order chi connectivity index (χ0) is 19.3. The highest BCUT2D eigenvalue weighted by Gasteiger charge is 2.29. The molecule has 2 aromatic rings. The molecule has 5 heteroatoms. The molecule has 0 saturated carbocycles. The van der Waals surface area contributed by atoms with E-state index < -0.39 is 5.54 Å². The van der Waals surface area contributed by atoms with Crippen molar-refractivity contribution >= 4 is 29.5 Å². The van der Waals surface area contributed by atoms with Crippen molar-refractivity contribution in [3.8, 4) is 0 Å². The zero-order valence-corrected chi connectivity index (χ0v) is 15.8. The number of carbonyl (C=O) groups excluding carboxylic acids is 2. The van der Waals surface area contributed by atoms with Crippen molar-refractivity contribution in [2.24, 2.45) is 0 Å². The van der Waals surface area contributed by atoms with E-state index in [4.69, 9.17) is 11.6 Å². The van der Waals surface area contributed by atoms with Gasteiger partial charge in [0.1, 0.15) is 0 Å². The number of nitrogens with zero attached hydrogens (tertiary/aromatic N) is 1. The molecule has 0 spiro atoms. The molecule has 0 unspecified atom stereocenters. The normalized spacial score (nSPS) is 10.6. The lowest BCUT2D eigenvalue weighted by Crippen LogP contribution is -2.55. The summed E-state index contributed by atoms with van der Waals surface area (Å²) in [4.78, 5) is 25.5. The van der Waals surface area contributed by atoms with E-state index in [-0.39, 0.29) is 11.8 Å². The van der Waals surface area contributed by atoms with Gasteiger partial charge in [0.2, 0.25) is 0 Å². The van der Waals surface area contributed by atoms with Gasteiger partial charge in [-0.05, 0) is 68.8 Å². The molecule has 0 bridgehead atoms. The second kappa shape index (κ2) is 8.05. The van der Waals surface area contributed by atoms with Gasteiger partial charge in [0, 0.05) is 16.1 Å². The largest absolute Gasteiger partial charge is 0.272 e. The van der Waals surface area contributed by atoms with Crippen LogP contribution in [0.15, 0.2) is 60.8 Å². The van der Waals surface area contributed by atoms with E-state index in [0.29, 0.717) is 16.1 Å². The average molecular weight is 369 g/mol. The highest BCUT2D eigenvalue weighted by atomic mass is 35.5. The molecule has 0 aliphatic rings. The Balaban J connectivity index is 2.26. The van der Waals surface area contributed by atoms with Gasteiger partial charge in [0.05, 0.1) is 5.54 Å². The van der Waals surface area contributed by atoms with Crippen LogP contribution in [-0.2, 0) is 0 Å². The highest BCUT2D eigenvalue weighted by Crippen LogP contribution is 2.17. The van der Waals surface area contributed by atoms with Gasteiger partial charge in [-0.1, -0.05) is 30.3 Å². The van der Waals surface area contributed by atoms with Crippen LogP contribution in [0.2, 0.25) is 5.02 Å². The van der Waals surface area contributed by atoms with Crippen LogP contribution in [0, 0.1) is 0 Å². The first-order valence-electron chi connectivity index (χ1n) is 8.09. The Morgan fingerprint density at radius 1 is 1.04 bits per heavy atom. The van der Waals surface area contributed by atoms with Crippen LogP contribution in [0.1, 0.15) is 47.1 Å². The van der Waals surface area contributed by atoms with Gasteiger partial charge in [-0.2, -0.15) is 0 Å². The summed E-state index contributed by atoms with van der Waals surface area (Å²) in [6.45, 7) is 9.08. The summed E-state index contributed by atoms with van der Waals surface area (Å²) in [7, 11) is 0. The standard InChI is InChI=1S/C21H21ClN2O2/c1-5-6-15-7-9-17(10-8-15)20(26)24(21(2,3)4)23-19(25)16-11-13-18(22)14-12-16/h6-14H,1H2,2-4H3,(H,23,25). The van der Waals surface area contributed by atoms with Crippen LogP contribution in [-0.4, -0.2) is 22.4 Å². The van der Waals surface area contributed by atoms with Crippen LogP contribution < -0.4 is 5.43 Å². The minimum Gasteiger partial charge on any atom is -0.267 e. The van der Waals surface area contributed by atoms with E-state index in [2.05, 4.69) is 17.7 Å². The number of nitrogens with one attached hydrogen (secondary N) is 1. The maximum Gasteiger partial charge on any atom is 0.272 e. The van der Waals surface area contributed by atoms with E-state index >= 15 is 0 Å². The number of halogens is 1. The third-order valence-corrected chi connectivity index (χ3v) is 3.87. The molecule has 2 aromatic carbocycles. The lowest BCUT2D eigenvalue weighted by molar-refractivity contribution is 0.0358. The summed E-state index contributed by atoms with van der Waals surface area (Å²) in [5, 5.41) is 1.88. The van der Waals surface area contributed by atoms with Gasteiger partial charge in [0.25, 0.3) is 11.8 Å². The van der Waals surface area contributed by atoms with Crippen LogP contribution >= 0.6 is 11.6 Å². The van der Waals surface area contributed by atoms with Gasteiger partial charge in [-0.15, -0.1) is 5.73 Å². The van der Waals surface area contributed by atoms with Crippen molar-refractivity contribution in [2.45, 2.75) is 26.3 Å². The number of amides is 2. The molecule has 0 radical (unpaired) electrons. The van der Waals surface area contributed by atoms with E-state index in [1.54, 1.807) is 54.6 Å². The fourth-order valence-electron chi connectivity index (χ4n) is 2.26. The molecule has 26 heavy (non-hydrogen) atoms. The molecule has 0 aliphatic heterocycles. The van der Waals surface area contributed by atoms with E-state index in [0.717, 1.165) is 5.56 Å². The van der Waals surface area contributed by atoms with Crippen LogP contribution in [0.3, 0.4) is 0 Å². The summed E-state index contributed by atoms with van der Waals surface area (Å²) in [6, 6.07) is 13.5. The monoisotopic (exact) mass is 368 g/mol. The first kappa shape index (κ1) is 19.5.